The SMILES string of the molecule is CN(C)CC/C=C1\C2=C(C=CC1C=O)OCc1ccccc1C2.Cl. The summed E-state index contributed by atoms with van der Waals surface area (Å²) in [6, 6.07) is 8.38. The Morgan fingerprint density at radius 1 is 1.25 bits per heavy atom. The molecule has 1 heterocycles. The molecule has 1 aromatic carbocycles. The molecule has 0 bridgehead atoms. The summed E-state index contributed by atoms with van der Waals surface area (Å²) >= 11 is 0. The van der Waals surface area contributed by atoms with Crippen LogP contribution in [0.1, 0.15) is 17.5 Å². The number of fused-ring (bicyclic) bond motifs is 1. The number of allylic oxidation sites excluding steroid dienone is 4. The molecule has 3 rings (SSSR count). The van der Waals surface area contributed by atoms with Crippen LogP contribution in [0.15, 0.2) is 59.4 Å². The molecule has 3 nitrogen and oxygen atoms in total. The van der Waals surface area contributed by atoms with Crippen molar-refractivity contribution in [1.29, 1.82) is 0 Å². The van der Waals surface area contributed by atoms with Crippen LogP contribution in [0.2, 0.25) is 0 Å². The van der Waals surface area contributed by atoms with Gasteiger partial charge in [-0.25, -0.2) is 0 Å². The van der Waals surface area contributed by atoms with E-state index in [4.69, 9.17) is 4.74 Å². The normalized spacial score (nSPS) is 20.8. The number of aldehydes is 1. The number of halogens is 1. The summed E-state index contributed by atoms with van der Waals surface area (Å²) < 4.78 is 6.01. The number of carbonyl (C=O) groups excluding carboxylic acids is 1. The zero-order valence-electron chi connectivity index (χ0n) is 14.2. The number of hydrogen-bond donors (Lipinski definition) is 0. The van der Waals surface area contributed by atoms with E-state index in [0.717, 1.165) is 42.6 Å². The molecule has 0 aromatic heterocycles. The third-order valence-corrected chi connectivity index (χ3v) is 4.42. The fourth-order valence-electron chi connectivity index (χ4n) is 3.14. The van der Waals surface area contributed by atoms with Crippen LogP contribution in [-0.4, -0.2) is 31.8 Å². The van der Waals surface area contributed by atoms with Crippen molar-refractivity contribution < 1.29 is 9.53 Å². The number of nitrogens with zero attached hydrogens (tertiary/aromatic N) is 1. The molecule has 0 fully saturated rings. The molecule has 0 radical (unpaired) electrons. The first-order valence-corrected chi connectivity index (χ1v) is 8.10. The highest BCUT2D eigenvalue weighted by Crippen LogP contribution is 2.35. The van der Waals surface area contributed by atoms with Gasteiger partial charge in [-0.3, -0.25) is 0 Å². The Balaban J connectivity index is 0.00000208. The second kappa shape index (κ2) is 8.32. The van der Waals surface area contributed by atoms with Crippen LogP contribution >= 0.6 is 12.4 Å². The van der Waals surface area contributed by atoms with Gasteiger partial charge in [0.05, 0.1) is 5.92 Å². The molecule has 0 saturated heterocycles. The Bertz CT molecular complexity index is 689. The quantitative estimate of drug-likeness (QED) is 0.779. The van der Waals surface area contributed by atoms with Crippen molar-refractivity contribution in [2.45, 2.75) is 19.4 Å². The third-order valence-electron chi connectivity index (χ3n) is 4.42. The van der Waals surface area contributed by atoms with Crippen molar-refractivity contribution in [3.63, 3.8) is 0 Å². The zero-order valence-corrected chi connectivity index (χ0v) is 15.0. The molecule has 1 aliphatic heterocycles. The Morgan fingerprint density at radius 3 is 2.71 bits per heavy atom. The highest BCUT2D eigenvalue weighted by molar-refractivity contribution is 5.85. The summed E-state index contributed by atoms with van der Waals surface area (Å²) in [5.74, 6) is 0.750. The number of benzene rings is 1. The number of carbonyl (C=O) groups is 1. The van der Waals surface area contributed by atoms with Gasteiger partial charge >= 0.3 is 0 Å². The second-order valence-corrected chi connectivity index (χ2v) is 6.35. The fourth-order valence-corrected chi connectivity index (χ4v) is 3.14. The Morgan fingerprint density at radius 2 is 2.00 bits per heavy atom. The molecule has 0 saturated carbocycles. The molecule has 1 atom stereocenters. The van der Waals surface area contributed by atoms with E-state index in [1.807, 2.05) is 18.2 Å². The predicted molar refractivity (Wildman–Crippen MR) is 99.2 cm³/mol. The zero-order chi connectivity index (χ0) is 16.2. The van der Waals surface area contributed by atoms with Crippen LogP contribution in [0.4, 0.5) is 0 Å². The van der Waals surface area contributed by atoms with E-state index in [-0.39, 0.29) is 18.3 Å². The van der Waals surface area contributed by atoms with E-state index in [1.54, 1.807) is 0 Å². The molecule has 2 aliphatic rings. The van der Waals surface area contributed by atoms with E-state index >= 15 is 0 Å². The summed E-state index contributed by atoms with van der Waals surface area (Å²) in [5, 5.41) is 0. The Labute approximate surface area is 150 Å². The number of rotatable bonds is 4. The van der Waals surface area contributed by atoms with Gasteiger partial charge in [-0.1, -0.05) is 36.4 Å². The largest absolute Gasteiger partial charge is 0.489 e. The maximum absolute atomic E-state index is 11.5. The maximum Gasteiger partial charge on any atom is 0.131 e. The number of ether oxygens (including phenoxy) is 1. The minimum atomic E-state index is -0.162. The predicted octanol–water partition coefficient (Wildman–Crippen LogP) is 3.70. The highest BCUT2D eigenvalue weighted by atomic mass is 35.5. The van der Waals surface area contributed by atoms with Crippen LogP contribution in [0.5, 0.6) is 0 Å². The summed E-state index contributed by atoms with van der Waals surface area (Å²) in [7, 11) is 4.12. The van der Waals surface area contributed by atoms with Gasteiger partial charge in [0.1, 0.15) is 18.7 Å². The summed E-state index contributed by atoms with van der Waals surface area (Å²) in [6.45, 7) is 1.56. The van der Waals surface area contributed by atoms with E-state index in [2.05, 4.69) is 43.3 Å². The van der Waals surface area contributed by atoms with Gasteiger partial charge in [0.15, 0.2) is 0 Å². The van der Waals surface area contributed by atoms with Gasteiger partial charge < -0.3 is 14.4 Å². The van der Waals surface area contributed by atoms with Gasteiger partial charge in [-0.2, -0.15) is 0 Å². The highest BCUT2D eigenvalue weighted by Gasteiger charge is 2.25. The maximum atomic E-state index is 11.5. The second-order valence-electron chi connectivity index (χ2n) is 6.35. The molecule has 4 heteroatoms. The van der Waals surface area contributed by atoms with Crippen molar-refractivity contribution in [2.75, 3.05) is 20.6 Å². The average molecular weight is 346 g/mol. The standard InChI is InChI=1S/C20H23NO2.ClH/c1-21(2)11-5-8-18-16(13-22)9-10-20-19(18)12-15-6-3-4-7-17(15)14-23-20;/h3-4,6-10,13,16H,5,11-12,14H2,1-2H3;1H/b18-8-;. The van der Waals surface area contributed by atoms with Crippen molar-refractivity contribution in [1.82, 2.24) is 4.90 Å². The monoisotopic (exact) mass is 345 g/mol. The lowest BCUT2D eigenvalue weighted by molar-refractivity contribution is -0.109. The molecular weight excluding hydrogens is 322 g/mol. The molecule has 1 aromatic rings. The van der Waals surface area contributed by atoms with Crippen molar-refractivity contribution in [2.24, 2.45) is 5.92 Å². The molecule has 128 valence electrons. The molecule has 1 aliphatic carbocycles. The van der Waals surface area contributed by atoms with Gasteiger partial charge in [-0.05, 0) is 43.3 Å². The summed E-state index contributed by atoms with van der Waals surface area (Å²) in [4.78, 5) is 13.7. The van der Waals surface area contributed by atoms with E-state index in [1.165, 1.54) is 11.1 Å². The Hall–Kier alpha value is -1.84. The van der Waals surface area contributed by atoms with Gasteiger partial charge in [0.25, 0.3) is 0 Å². The summed E-state index contributed by atoms with van der Waals surface area (Å²) in [6.07, 6.45) is 8.90. The lowest BCUT2D eigenvalue weighted by Gasteiger charge is -2.22. The first-order valence-electron chi connectivity index (χ1n) is 8.10. The third kappa shape index (κ3) is 3.97. The first-order chi connectivity index (χ1) is 11.2. The molecule has 24 heavy (non-hydrogen) atoms. The van der Waals surface area contributed by atoms with E-state index in [0.29, 0.717) is 6.61 Å². The van der Waals surface area contributed by atoms with Crippen molar-refractivity contribution in [3.05, 3.63) is 70.5 Å². The van der Waals surface area contributed by atoms with E-state index in [9.17, 15) is 4.79 Å². The van der Waals surface area contributed by atoms with Gasteiger partial charge in [0.2, 0.25) is 0 Å². The van der Waals surface area contributed by atoms with Crippen LogP contribution in [0, 0.1) is 5.92 Å². The average Bonchev–Trinajstić information content (AvgIpc) is 2.74. The fraction of sp³-hybridized carbons (Fsp3) is 0.350. The van der Waals surface area contributed by atoms with Crippen LogP contribution in [-0.2, 0) is 22.6 Å². The molecule has 0 spiro atoms. The van der Waals surface area contributed by atoms with Crippen molar-refractivity contribution in [3.8, 4) is 0 Å². The smallest absolute Gasteiger partial charge is 0.131 e. The minimum absolute atomic E-state index is 0. The van der Waals surface area contributed by atoms with Crippen LogP contribution < -0.4 is 0 Å². The van der Waals surface area contributed by atoms with Gasteiger partial charge in [-0.15, -0.1) is 12.4 Å². The summed E-state index contributed by atoms with van der Waals surface area (Å²) in [5.41, 5.74) is 4.78. The van der Waals surface area contributed by atoms with E-state index < -0.39 is 0 Å². The lowest BCUT2D eigenvalue weighted by Crippen LogP contribution is -2.15. The topological polar surface area (TPSA) is 29.5 Å². The van der Waals surface area contributed by atoms with Crippen molar-refractivity contribution >= 4 is 18.7 Å². The molecule has 0 N–H and O–H groups in total. The van der Waals surface area contributed by atoms with Crippen LogP contribution in [0.25, 0.3) is 0 Å². The van der Waals surface area contributed by atoms with Gasteiger partial charge in [0, 0.05) is 18.5 Å². The molecule has 0 amide bonds. The molecular formula is C20H24ClNO2. The lowest BCUT2D eigenvalue weighted by atomic mass is 9.84. The Kier molecular flexibility index (Phi) is 6.41. The number of hydrogen-bond acceptors (Lipinski definition) is 3. The first kappa shape index (κ1) is 18.5. The minimum Gasteiger partial charge on any atom is -0.489 e. The van der Waals surface area contributed by atoms with Crippen LogP contribution in [0.3, 0.4) is 0 Å². The molecule has 1 unspecified atom stereocenters.